The lowest BCUT2D eigenvalue weighted by atomic mass is 10.2. The lowest BCUT2D eigenvalue weighted by Gasteiger charge is -2.36. The van der Waals surface area contributed by atoms with Crippen molar-refractivity contribution in [1.82, 2.24) is 0 Å². The minimum Gasteiger partial charge on any atom is -0.417 e. The Balaban J connectivity index is 4.12. The molecule has 0 radical (unpaired) electrons. The van der Waals surface area contributed by atoms with Crippen LogP contribution in [0.15, 0.2) is 12.3 Å². The van der Waals surface area contributed by atoms with Crippen LogP contribution in [-0.4, -0.2) is 28.9 Å². The monoisotopic (exact) mass is 362 g/mol. The first-order valence-corrected chi connectivity index (χ1v) is 11.2. The van der Waals surface area contributed by atoms with E-state index in [0.717, 1.165) is 0 Å². The summed E-state index contributed by atoms with van der Waals surface area (Å²) in [5.74, 6) is -0.412. The number of alkyl halides is 3. The Bertz CT molecular complexity index is 478. The van der Waals surface area contributed by atoms with Gasteiger partial charge in [0.15, 0.2) is 8.32 Å². The Morgan fingerprint density at radius 2 is 1.64 bits per heavy atom. The summed E-state index contributed by atoms with van der Waals surface area (Å²) in [6.45, 7) is 14.2. The number of halogens is 3. The van der Waals surface area contributed by atoms with E-state index >= 15 is 0 Å². The second-order valence-electron chi connectivity index (χ2n) is 6.59. The maximum Gasteiger partial charge on any atom is 0.534 e. The molecule has 0 aromatic carbocycles. The highest BCUT2D eigenvalue weighted by Crippen LogP contribution is 2.36. The number of hydrogen-bond acceptors (Lipinski definition) is 4. The Kier molecular flexibility index (Phi) is 7.17. The van der Waals surface area contributed by atoms with Gasteiger partial charge in [-0.3, -0.25) is 0 Å². The Hall–Kier alpha value is -0.543. The average molecular weight is 362 g/mol. The highest BCUT2D eigenvalue weighted by atomic mass is 32.2. The molecule has 0 aromatic rings. The third-order valence-corrected chi connectivity index (χ3v) is 9.19. The van der Waals surface area contributed by atoms with Crippen molar-refractivity contribution in [2.24, 2.45) is 0 Å². The van der Waals surface area contributed by atoms with Crippen LogP contribution in [0.1, 0.15) is 40.0 Å². The van der Waals surface area contributed by atoms with Crippen LogP contribution >= 0.6 is 0 Å². The third-order valence-electron chi connectivity index (χ3n) is 3.63. The predicted octanol–water partition coefficient (Wildman–Crippen LogP) is 4.56. The van der Waals surface area contributed by atoms with E-state index in [1.54, 1.807) is 0 Å². The van der Waals surface area contributed by atoms with Gasteiger partial charge in [-0.1, -0.05) is 27.4 Å². The van der Waals surface area contributed by atoms with Crippen LogP contribution < -0.4 is 0 Å². The largest absolute Gasteiger partial charge is 0.534 e. The summed E-state index contributed by atoms with van der Waals surface area (Å²) < 4.78 is 67.7. The normalized spacial score (nSPS) is 14.0. The van der Waals surface area contributed by atoms with E-state index in [1.165, 1.54) is 0 Å². The van der Waals surface area contributed by atoms with Gasteiger partial charge in [0.05, 0.1) is 0 Å². The van der Waals surface area contributed by atoms with E-state index in [1.807, 2.05) is 0 Å². The lowest BCUT2D eigenvalue weighted by Crippen LogP contribution is -2.40. The Morgan fingerprint density at radius 1 is 1.14 bits per heavy atom. The van der Waals surface area contributed by atoms with Gasteiger partial charge in [0, 0.05) is 13.0 Å². The molecule has 0 aliphatic rings. The van der Waals surface area contributed by atoms with E-state index in [9.17, 15) is 21.6 Å². The molecule has 0 heterocycles. The Morgan fingerprint density at radius 3 is 2.05 bits per heavy atom. The molecule has 0 aliphatic heterocycles. The molecule has 0 saturated heterocycles. The van der Waals surface area contributed by atoms with Crippen molar-refractivity contribution in [3.63, 3.8) is 0 Å². The zero-order valence-corrected chi connectivity index (χ0v) is 15.5. The number of hydrogen-bond donors (Lipinski definition) is 0. The maximum atomic E-state index is 12.1. The van der Waals surface area contributed by atoms with Crippen molar-refractivity contribution in [2.75, 3.05) is 6.61 Å². The van der Waals surface area contributed by atoms with E-state index in [4.69, 9.17) is 4.43 Å². The van der Waals surface area contributed by atoms with Gasteiger partial charge < -0.3 is 8.61 Å². The summed E-state index contributed by atoms with van der Waals surface area (Å²) in [5, 5.41) is 0.0838. The summed E-state index contributed by atoms with van der Waals surface area (Å²) in [4.78, 5) is 0. The van der Waals surface area contributed by atoms with Crippen molar-refractivity contribution in [3.8, 4) is 0 Å². The van der Waals surface area contributed by atoms with E-state index in [2.05, 4.69) is 44.6 Å². The first kappa shape index (κ1) is 21.5. The predicted molar refractivity (Wildman–Crippen MR) is 82.2 cm³/mol. The van der Waals surface area contributed by atoms with Gasteiger partial charge >= 0.3 is 15.6 Å². The maximum absolute atomic E-state index is 12.1. The molecule has 0 rings (SSSR count). The van der Waals surface area contributed by atoms with Crippen LogP contribution in [-0.2, 0) is 18.7 Å². The smallest absolute Gasteiger partial charge is 0.417 e. The van der Waals surface area contributed by atoms with E-state index in [0.29, 0.717) is 19.4 Å². The van der Waals surface area contributed by atoms with Crippen LogP contribution in [0.2, 0.25) is 18.1 Å². The molecule has 0 bridgehead atoms. The first-order chi connectivity index (χ1) is 9.60. The fourth-order valence-corrected chi connectivity index (χ4v) is 2.79. The Labute approximate surface area is 131 Å². The zero-order chi connectivity index (χ0) is 17.8. The lowest BCUT2D eigenvalue weighted by molar-refractivity contribution is -0.0523. The van der Waals surface area contributed by atoms with Crippen LogP contribution in [0.3, 0.4) is 0 Å². The fraction of sp³-hybridized carbons (Fsp3) is 0.846. The first-order valence-electron chi connectivity index (χ1n) is 6.93. The quantitative estimate of drug-likeness (QED) is 0.209. The molecule has 0 fully saturated rings. The van der Waals surface area contributed by atoms with Crippen molar-refractivity contribution in [2.45, 2.75) is 63.7 Å². The molecule has 0 unspecified atom stereocenters. The van der Waals surface area contributed by atoms with Gasteiger partial charge in [-0.05, 0) is 31.0 Å². The molecule has 0 amide bonds. The summed E-state index contributed by atoms with van der Waals surface area (Å²) >= 11 is 0. The fourth-order valence-electron chi connectivity index (χ4n) is 1.21. The third kappa shape index (κ3) is 6.70. The van der Waals surface area contributed by atoms with Crippen molar-refractivity contribution >= 4 is 18.4 Å². The molecule has 0 atom stereocenters. The second kappa shape index (κ2) is 7.35. The summed E-state index contributed by atoms with van der Waals surface area (Å²) in [6.07, 6.45) is 1.08. The summed E-state index contributed by atoms with van der Waals surface area (Å²) in [7, 11) is -7.45. The summed E-state index contributed by atoms with van der Waals surface area (Å²) in [5.41, 5.74) is -5.43. The molecule has 0 aromatic heterocycles. The van der Waals surface area contributed by atoms with Gasteiger partial charge in [-0.25, -0.2) is 0 Å². The van der Waals surface area contributed by atoms with Gasteiger partial charge in [-0.15, -0.1) is 0 Å². The van der Waals surface area contributed by atoms with Crippen LogP contribution in [0.25, 0.3) is 0 Å². The van der Waals surface area contributed by atoms with E-state index < -0.39 is 29.7 Å². The number of unbranched alkanes of at least 4 members (excludes halogenated alkanes) is 1. The van der Waals surface area contributed by atoms with E-state index in [-0.39, 0.29) is 11.5 Å². The molecule has 132 valence electrons. The minimum absolute atomic E-state index is 0.0379. The number of allylic oxidation sites excluding steroid dienone is 1. The highest BCUT2D eigenvalue weighted by Gasteiger charge is 2.48. The number of rotatable bonds is 8. The molecular weight excluding hydrogens is 337 g/mol. The van der Waals surface area contributed by atoms with Crippen LogP contribution in [0, 0.1) is 0 Å². The van der Waals surface area contributed by atoms with Gasteiger partial charge in [0.2, 0.25) is 0 Å². The van der Waals surface area contributed by atoms with Gasteiger partial charge in [-0.2, -0.15) is 21.6 Å². The zero-order valence-electron chi connectivity index (χ0n) is 13.7. The summed E-state index contributed by atoms with van der Waals surface area (Å²) in [6, 6.07) is 0. The van der Waals surface area contributed by atoms with Crippen molar-refractivity contribution in [3.05, 3.63) is 12.3 Å². The minimum atomic E-state index is -5.61. The van der Waals surface area contributed by atoms with Crippen LogP contribution in [0.5, 0.6) is 0 Å². The molecule has 0 N–H and O–H groups in total. The molecular formula is C13H25F3O4SSi. The van der Waals surface area contributed by atoms with Crippen molar-refractivity contribution < 1.29 is 30.2 Å². The van der Waals surface area contributed by atoms with Crippen molar-refractivity contribution in [1.29, 1.82) is 0 Å². The van der Waals surface area contributed by atoms with Gasteiger partial charge in [0.25, 0.3) is 0 Å². The highest BCUT2D eigenvalue weighted by molar-refractivity contribution is 7.87. The second-order valence-corrected chi connectivity index (χ2v) is 12.9. The molecule has 4 nitrogen and oxygen atoms in total. The molecule has 9 heteroatoms. The molecule has 22 heavy (non-hydrogen) atoms. The standard InChI is InChI=1S/C13H25F3O4SSi/c1-11(20-21(17,18)13(14,15)16)9-7-8-10-19-22(5,6)12(2,3)4/h1,7-10H2,2-6H3. The van der Waals surface area contributed by atoms with Crippen LogP contribution in [0.4, 0.5) is 13.2 Å². The average Bonchev–Trinajstić information content (AvgIpc) is 2.24. The van der Waals surface area contributed by atoms with Gasteiger partial charge in [0.1, 0.15) is 5.76 Å². The topological polar surface area (TPSA) is 52.6 Å². The SMILES string of the molecule is C=C(CCCCO[Si](C)(C)C(C)(C)C)OS(=O)(=O)C(F)(F)F. The molecule has 0 aliphatic carbocycles. The molecule has 0 spiro atoms. The molecule has 0 saturated carbocycles.